The number of aliphatic hydroxyl groups excluding tert-OH is 2. The van der Waals surface area contributed by atoms with E-state index in [-0.39, 0.29) is 18.2 Å². The van der Waals surface area contributed by atoms with Gasteiger partial charge in [-0.3, -0.25) is 4.79 Å². The Labute approximate surface area is 199 Å². The number of nitrogens with zero attached hydrogens (tertiary/aromatic N) is 1. The molecule has 0 bridgehead atoms. The predicted octanol–water partition coefficient (Wildman–Crippen LogP) is 3.95. The molecule has 1 aromatic heterocycles. The average molecular weight is 468 g/mol. The molecule has 0 radical (unpaired) electrons. The number of methoxy groups -OCH3 is 1. The van der Waals surface area contributed by atoms with Gasteiger partial charge in [0.25, 0.3) is 5.91 Å². The second-order valence-corrected chi connectivity index (χ2v) is 8.80. The Morgan fingerprint density at radius 1 is 1.12 bits per heavy atom. The molecule has 0 aliphatic carbocycles. The van der Waals surface area contributed by atoms with Crippen molar-refractivity contribution < 1.29 is 24.6 Å². The fourth-order valence-electron chi connectivity index (χ4n) is 3.64. The standard InChI is InChI=1S/C26H33N3O5/c1-16(2)26(4,33-5)25(24(32)17(3)30)29-34-15-23(31)27-20-11-12-21-19(13-20)14-22(28-21)18-9-7-6-8-10-18/h6-14,16-17,24,28,30,32H,15H2,1-5H3,(H,27,31)/b29-25+/t17-,24+,26+/m1/s1. The molecule has 0 fully saturated rings. The Hall–Kier alpha value is -3.20. The van der Waals surface area contributed by atoms with E-state index in [1.807, 2.05) is 62.4 Å². The van der Waals surface area contributed by atoms with Crippen LogP contribution in [-0.2, 0) is 14.4 Å². The molecule has 0 saturated carbocycles. The minimum absolute atomic E-state index is 0.0732. The fourth-order valence-corrected chi connectivity index (χ4v) is 3.64. The molecule has 0 spiro atoms. The van der Waals surface area contributed by atoms with E-state index in [0.29, 0.717) is 5.69 Å². The lowest BCUT2D eigenvalue weighted by Gasteiger charge is -2.35. The number of aromatic amines is 1. The number of amides is 1. The first-order valence-corrected chi connectivity index (χ1v) is 11.3. The highest BCUT2D eigenvalue weighted by atomic mass is 16.6. The van der Waals surface area contributed by atoms with Crippen LogP contribution in [0, 0.1) is 5.92 Å². The van der Waals surface area contributed by atoms with Gasteiger partial charge < -0.3 is 30.1 Å². The summed E-state index contributed by atoms with van der Waals surface area (Å²) in [4.78, 5) is 21.1. The van der Waals surface area contributed by atoms with Gasteiger partial charge in [0, 0.05) is 29.4 Å². The zero-order chi connectivity index (χ0) is 24.9. The van der Waals surface area contributed by atoms with Crippen LogP contribution >= 0.6 is 0 Å². The van der Waals surface area contributed by atoms with Crippen molar-refractivity contribution in [2.24, 2.45) is 11.1 Å². The summed E-state index contributed by atoms with van der Waals surface area (Å²) in [5, 5.41) is 28.1. The number of anilines is 1. The lowest BCUT2D eigenvalue weighted by atomic mass is 9.83. The van der Waals surface area contributed by atoms with Crippen LogP contribution in [0.15, 0.2) is 59.8 Å². The molecule has 182 valence electrons. The monoisotopic (exact) mass is 467 g/mol. The lowest BCUT2D eigenvalue weighted by Crippen LogP contribution is -2.51. The largest absolute Gasteiger partial charge is 0.390 e. The van der Waals surface area contributed by atoms with E-state index in [0.717, 1.165) is 22.2 Å². The van der Waals surface area contributed by atoms with Gasteiger partial charge in [-0.2, -0.15) is 0 Å². The Morgan fingerprint density at radius 2 is 1.82 bits per heavy atom. The van der Waals surface area contributed by atoms with Crippen LogP contribution in [0.3, 0.4) is 0 Å². The van der Waals surface area contributed by atoms with E-state index < -0.39 is 23.7 Å². The number of H-pyrrole nitrogens is 1. The maximum atomic E-state index is 12.5. The Bertz CT molecular complexity index is 1140. The van der Waals surface area contributed by atoms with Crippen molar-refractivity contribution in [3.8, 4) is 11.3 Å². The summed E-state index contributed by atoms with van der Waals surface area (Å²) in [7, 11) is 1.50. The number of ether oxygens (including phenoxy) is 1. The molecule has 8 nitrogen and oxygen atoms in total. The molecular weight excluding hydrogens is 434 g/mol. The molecule has 0 saturated heterocycles. The predicted molar refractivity (Wildman–Crippen MR) is 134 cm³/mol. The van der Waals surface area contributed by atoms with Crippen LogP contribution in [0.2, 0.25) is 0 Å². The summed E-state index contributed by atoms with van der Waals surface area (Å²) >= 11 is 0. The van der Waals surface area contributed by atoms with Gasteiger partial charge >= 0.3 is 0 Å². The number of fused-ring (bicyclic) bond motifs is 1. The third-order valence-corrected chi connectivity index (χ3v) is 6.12. The summed E-state index contributed by atoms with van der Waals surface area (Å²) in [6, 6.07) is 17.6. The van der Waals surface area contributed by atoms with Gasteiger partial charge in [-0.15, -0.1) is 0 Å². The first-order chi connectivity index (χ1) is 16.2. The SMILES string of the molecule is CO[C@](C)(/C(=N/OCC(=O)Nc1ccc2[nH]c(-c3ccccc3)cc2c1)[C@@H](O)[C@@H](C)O)C(C)C. The second-order valence-electron chi connectivity index (χ2n) is 8.80. The van der Waals surface area contributed by atoms with Crippen molar-refractivity contribution in [2.75, 3.05) is 19.0 Å². The second kappa shape index (κ2) is 10.8. The molecule has 3 atom stereocenters. The molecule has 0 aliphatic heterocycles. The smallest absolute Gasteiger partial charge is 0.265 e. The molecule has 4 N–H and O–H groups in total. The number of hydrogen-bond acceptors (Lipinski definition) is 6. The summed E-state index contributed by atoms with van der Waals surface area (Å²) in [5.41, 5.74) is 2.79. The van der Waals surface area contributed by atoms with Crippen molar-refractivity contribution in [1.29, 1.82) is 0 Å². The zero-order valence-corrected chi connectivity index (χ0v) is 20.2. The highest BCUT2D eigenvalue weighted by Gasteiger charge is 2.40. The normalized spacial score (nSPS) is 15.7. The highest BCUT2D eigenvalue weighted by Crippen LogP contribution is 2.27. The number of nitrogens with one attached hydrogen (secondary N) is 2. The molecule has 1 amide bonds. The summed E-state index contributed by atoms with van der Waals surface area (Å²) in [5.74, 6) is -0.479. The van der Waals surface area contributed by atoms with Crippen molar-refractivity contribution in [3.63, 3.8) is 0 Å². The molecule has 1 heterocycles. The van der Waals surface area contributed by atoms with Crippen molar-refractivity contribution in [1.82, 2.24) is 4.98 Å². The first-order valence-electron chi connectivity index (χ1n) is 11.3. The van der Waals surface area contributed by atoms with E-state index in [1.165, 1.54) is 14.0 Å². The zero-order valence-electron chi connectivity index (χ0n) is 20.2. The van der Waals surface area contributed by atoms with Gasteiger partial charge in [-0.05, 0) is 49.6 Å². The van der Waals surface area contributed by atoms with Crippen LogP contribution in [0.5, 0.6) is 0 Å². The van der Waals surface area contributed by atoms with Gasteiger partial charge in [0.1, 0.15) is 17.4 Å². The maximum Gasteiger partial charge on any atom is 0.265 e. The molecule has 8 heteroatoms. The molecule has 3 rings (SSSR count). The van der Waals surface area contributed by atoms with Crippen molar-refractivity contribution >= 4 is 28.2 Å². The minimum atomic E-state index is -1.30. The number of benzene rings is 2. The van der Waals surface area contributed by atoms with Gasteiger partial charge in [-0.1, -0.05) is 49.3 Å². The van der Waals surface area contributed by atoms with E-state index in [1.54, 1.807) is 13.0 Å². The molecule has 34 heavy (non-hydrogen) atoms. The number of aliphatic hydroxyl groups is 2. The lowest BCUT2D eigenvalue weighted by molar-refractivity contribution is -0.120. The van der Waals surface area contributed by atoms with Crippen LogP contribution < -0.4 is 5.32 Å². The number of carbonyl (C=O) groups excluding carboxylic acids is 1. The summed E-state index contributed by atoms with van der Waals surface area (Å²) in [6.07, 6.45) is -2.39. The quantitative estimate of drug-likeness (QED) is 0.266. The van der Waals surface area contributed by atoms with Crippen molar-refractivity contribution in [2.45, 2.75) is 45.5 Å². The van der Waals surface area contributed by atoms with Gasteiger partial charge in [0.05, 0.1) is 6.10 Å². The molecule has 0 unspecified atom stereocenters. The Kier molecular flexibility index (Phi) is 8.09. The molecule has 3 aromatic rings. The van der Waals surface area contributed by atoms with Crippen LogP contribution in [0.1, 0.15) is 27.7 Å². The van der Waals surface area contributed by atoms with Crippen LogP contribution in [0.4, 0.5) is 5.69 Å². The number of carbonyl (C=O) groups is 1. The Balaban J connectivity index is 1.70. The summed E-state index contributed by atoms with van der Waals surface area (Å²) in [6.45, 7) is 6.64. The third-order valence-electron chi connectivity index (χ3n) is 6.12. The summed E-state index contributed by atoms with van der Waals surface area (Å²) < 4.78 is 5.58. The van der Waals surface area contributed by atoms with Crippen LogP contribution in [-0.4, -0.2) is 58.3 Å². The highest BCUT2D eigenvalue weighted by molar-refractivity contribution is 5.97. The number of rotatable bonds is 10. The molecule has 2 aromatic carbocycles. The first kappa shape index (κ1) is 25.4. The Morgan fingerprint density at radius 3 is 2.44 bits per heavy atom. The maximum absolute atomic E-state index is 12.5. The molecule has 0 aliphatic rings. The van der Waals surface area contributed by atoms with E-state index in [9.17, 15) is 15.0 Å². The topological polar surface area (TPSA) is 116 Å². The van der Waals surface area contributed by atoms with E-state index in [2.05, 4.69) is 15.5 Å². The average Bonchev–Trinajstić information content (AvgIpc) is 3.25. The third kappa shape index (κ3) is 5.64. The minimum Gasteiger partial charge on any atom is -0.390 e. The van der Waals surface area contributed by atoms with Gasteiger partial charge in [-0.25, -0.2) is 0 Å². The van der Waals surface area contributed by atoms with E-state index >= 15 is 0 Å². The van der Waals surface area contributed by atoms with E-state index in [4.69, 9.17) is 9.57 Å². The fraction of sp³-hybridized carbons (Fsp3) is 0.385. The van der Waals surface area contributed by atoms with Crippen LogP contribution in [0.25, 0.3) is 22.2 Å². The number of hydrogen-bond donors (Lipinski definition) is 4. The number of oxime groups is 1. The van der Waals surface area contributed by atoms with Gasteiger partial charge in [0.15, 0.2) is 6.61 Å². The number of aromatic nitrogens is 1. The van der Waals surface area contributed by atoms with Gasteiger partial charge in [0.2, 0.25) is 0 Å². The van der Waals surface area contributed by atoms with Crippen molar-refractivity contribution in [3.05, 3.63) is 54.6 Å². The molecular formula is C26H33N3O5.